The summed E-state index contributed by atoms with van der Waals surface area (Å²) in [6.07, 6.45) is 0.617. The highest BCUT2D eigenvalue weighted by atomic mass is 32.2. The average Bonchev–Trinajstić information content (AvgIpc) is 2.86. The van der Waals surface area contributed by atoms with E-state index < -0.39 is 27.6 Å². The van der Waals surface area contributed by atoms with Crippen LogP contribution < -0.4 is 19.3 Å². The number of hydrogen-bond donors (Lipinski definition) is 1. The molecule has 0 radical (unpaired) electrons. The topological polar surface area (TPSA) is 105 Å². The summed E-state index contributed by atoms with van der Waals surface area (Å²) in [6.45, 7) is 5.41. The van der Waals surface area contributed by atoms with Gasteiger partial charge in [0, 0.05) is 19.8 Å². The van der Waals surface area contributed by atoms with E-state index in [0.717, 1.165) is 21.7 Å². The first kappa shape index (κ1) is 28.5. The number of amides is 2. The molecule has 0 fully saturated rings. The predicted octanol–water partition coefficient (Wildman–Crippen LogP) is 5.38. The molecule has 3 rings (SSSR count). The lowest BCUT2D eigenvalue weighted by atomic mass is 10.0. The maximum Gasteiger partial charge on any atom is 0.414 e. The highest BCUT2D eigenvalue weighted by Gasteiger charge is 2.22. The molecule has 0 atom stereocenters. The van der Waals surface area contributed by atoms with Crippen LogP contribution in [0.2, 0.25) is 0 Å². The Bertz CT molecular complexity index is 1430. The van der Waals surface area contributed by atoms with Crippen LogP contribution in [0.5, 0.6) is 5.75 Å². The molecule has 0 aromatic heterocycles. The molecule has 3 aromatic carbocycles. The molecule has 0 saturated carbocycles. The SMILES string of the molecule is COc1ccccc1C(=O)Nc1cc(-c2ccc(N(C)C(=O)OC(C)(C)C)cc2)ccc1N(C)S(C)(=O)=O. The Morgan fingerprint density at radius 2 is 1.50 bits per heavy atom. The van der Waals surface area contributed by atoms with Gasteiger partial charge in [0.15, 0.2) is 0 Å². The molecule has 38 heavy (non-hydrogen) atoms. The molecule has 9 nitrogen and oxygen atoms in total. The Morgan fingerprint density at radius 3 is 2.08 bits per heavy atom. The second-order valence-electron chi connectivity index (χ2n) is 9.70. The van der Waals surface area contributed by atoms with Gasteiger partial charge in [0.2, 0.25) is 10.0 Å². The number of methoxy groups -OCH3 is 1. The van der Waals surface area contributed by atoms with Crippen molar-refractivity contribution < 1.29 is 27.5 Å². The van der Waals surface area contributed by atoms with E-state index >= 15 is 0 Å². The van der Waals surface area contributed by atoms with Crippen LogP contribution in [0.25, 0.3) is 11.1 Å². The standard InChI is InChI=1S/C28H33N3O6S/c1-28(2,3)37-27(33)30(4)21-15-12-19(13-16-21)20-14-17-24(31(5)38(7,34)35)23(18-20)29-26(32)22-10-8-9-11-25(22)36-6/h8-18H,1-7H3,(H,29,32). The second-order valence-corrected chi connectivity index (χ2v) is 11.7. The minimum Gasteiger partial charge on any atom is -0.496 e. The van der Waals surface area contributed by atoms with Gasteiger partial charge in [-0.3, -0.25) is 14.0 Å². The smallest absolute Gasteiger partial charge is 0.414 e. The Hall–Kier alpha value is -4.05. The maximum absolute atomic E-state index is 13.1. The van der Waals surface area contributed by atoms with Gasteiger partial charge in [0.25, 0.3) is 5.91 Å². The van der Waals surface area contributed by atoms with Gasteiger partial charge in [-0.25, -0.2) is 13.2 Å². The van der Waals surface area contributed by atoms with Crippen molar-refractivity contribution in [3.8, 4) is 16.9 Å². The van der Waals surface area contributed by atoms with Crippen LogP contribution in [0, 0.1) is 0 Å². The Balaban J connectivity index is 1.97. The summed E-state index contributed by atoms with van der Waals surface area (Å²) in [5.41, 5.74) is 2.48. The summed E-state index contributed by atoms with van der Waals surface area (Å²) in [7, 11) is 0.925. The van der Waals surface area contributed by atoms with E-state index in [1.54, 1.807) is 82.4 Å². The number of carbonyl (C=O) groups excluding carboxylic acids is 2. The number of hydrogen-bond acceptors (Lipinski definition) is 6. The van der Waals surface area contributed by atoms with E-state index in [4.69, 9.17) is 9.47 Å². The van der Waals surface area contributed by atoms with Crippen molar-refractivity contribution in [3.63, 3.8) is 0 Å². The summed E-state index contributed by atoms with van der Waals surface area (Å²) in [5.74, 6) is -0.0547. The number of ether oxygens (including phenoxy) is 2. The van der Waals surface area contributed by atoms with Crippen molar-refractivity contribution in [2.45, 2.75) is 26.4 Å². The fraction of sp³-hybridized carbons (Fsp3) is 0.286. The fourth-order valence-electron chi connectivity index (χ4n) is 3.60. The zero-order valence-corrected chi connectivity index (χ0v) is 23.4. The van der Waals surface area contributed by atoms with Crippen molar-refractivity contribution in [2.24, 2.45) is 0 Å². The predicted molar refractivity (Wildman–Crippen MR) is 151 cm³/mol. The third-order valence-corrected chi connectivity index (χ3v) is 6.88. The Kier molecular flexibility index (Phi) is 8.36. The zero-order chi connectivity index (χ0) is 28.3. The summed E-state index contributed by atoms with van der Waals surface area (Å²) in [5, 5.41) is 2.84. The quantitative estimate of drug-likeness (QED) is 0.432. The van der Waals surface area contributed by atoms with Gasteiger partial charge >= 0.3 is 6.09 Å². The van der Waals surface area contributed by atoms with E-state index in [9.17, 15) is 18.0 Å². The summed E-state index contributed by atoms with van der Waals surface area (Å²) >= 11 is 0. The van der Waals surface area contributed by atoms with E-state index in [-0.39, 0.29) is 0 Å². The highest BCUT2D eigenvalue weighted by Crippen LogP contribution is 2.34. The highest BCUT2D eigenvalue weighted by molar-refractivity contribution is 7.92. The molecule has 0 bridgehead atoms. The van der Waals surface area contributed by atoms with E-state index in [1.165, 1.54) is 19.1 Å². The minimum atomic E-state index is -3.60. The molecule has 1 N–H and O–H groups in total. The Labute approximate surface area is 224 Å². The minimum absolute atomic E-state index is 0.306. The number of anilines is 3. The lowest BCUT2D eigenvalue weighted by Crippen LogP contribution is -2.34. The third-order valence-electron chi connectivity index (χ3n) is 5.69. The molecule has 0 aliphatic heterocycles. The van der Waals surface area contributed by atoms with Gasteiger partial charge in [-0.15, -0.1) is 0 Å². The monoisotopic (exact) mass is 539 g/mol. The number of nitrogens with zero attached hydrogens (tertiary/aromatic N) is 2. The van der Waals surface area contributed by atoms with E-state index in [0.29, 0.717) is 28.4 Å². The maximum atomic E-state index is 13.1. The normalized spacial score (nSPS) is 11.4. The van der Waals surface area contributed by atoms with E-state index in [2.05, 4.69) is 5.32 Å². The number of para-hydroxylation sites is 1. The molecule has 0 unspecified atom stereocenters. The van der Waals surface area contributed by atoms with Crippen LogP contribution in [-0.2, 0) is 14.8 Å². The molecule has 0 heterocycles. The third kappa shape index (κ3) is 6.83. The molecular weight excluding hydrogens is 506 g/mol. The van der Waals surface area contributed by atoms with Crippen LogP contribution in [0.15, 0.2) is 66.7 Å². The van der Waals surface area contributed by atoms with Crippen molar-refractivity contribution in [3.05, 3.63) is 72.3 Å². The number of rotatable bonds is 7. The summed E-state index contributed by atoms with van der Waals surface area (Å²) < 4.78 is 36.4. The summed E-state index contributed by atoms with van der Waals surface area (Å²) in [6, 6.07) is 19.1. The molecule has 2 amide bonds. The average molecular weight is 540 g/mol. The first-order valence-electron chi connectivity index (χ1n) is 11.8. The van der Waals surface area contributed by atoms with Gasteiger partial charge in [-0.2, -0.15) is 0 Å². The van der Waals surface area contributed by atoms with Crippen LogP contribution in [0.3, 0.4) is 0 Å². The van der Waals surface area contributed by atoms with E-state index in [1.807, 2.05) is 12.1 Å². The van der Waals surface area contributed by atoms with Crippen molar-refractivity contribution in [1.82, 2.24) is 0 Å². The Morgan fingerprint density at radius 1 is 0.895 bits per heavy atom. The number of benzene rings is 3. The van der Waals surface area contributed by atoms with Crippen molar-refractivity contribution in [1.29, 1.82) is 0 Å². The van der Waals surface area contributed by atoms with Crippen LogP contribution in [0.1, 0.15) is 31.1 Å². The first-order valence-corrected chi connectivity index (χ1v) is 13.7. The largest absolute Gasteiger partial charge is 0.496 e. The molecule has 0 aliphatic carbocycles. The fourth-order valence-corrected chi connectivity index (χ4v) is 4.12. The van der Waals surface area contributed by atoms with Crippen molar-refractivity contribution in [2.75, 3.05) is 42.0 Å². The lowest BCUT2D eigenvalue weighted by Gasteiger charge is -2.25. The molecule has 0 aliphatic rings. The molecule has 10 heteroatoms. The van der Waals surface area contributed by atoms with Crippen LogP contribution in [-0.4, -0.2) is 53.5 Å². The summed E-state index contributed by atoms with van der Waals surface area (Å²) in [4.78, 5) is 27.0. The molecule has 202 valence electrons. The van der Waals surface area contributed by atoms with Crippen LogP contribution in [0.4, 0.5) is 21.9 Å². The van der Waals surface area contributed by atoms with Gasteiger partial charge in [-0.1, -0.05) is 30.3 Å². The molecule has 0 saturated heterocycles. The van der Waals surface area contributed by atoms with Gasteiger partial charge in [-0.05, 0) is 68.3 Å². The van der Waals surface area contributed by atoms with Gasteiger partial charge in [0.05, 0.1) is 30.3 Å². The van der Waals surface area contributed by atoms with Crippen molar-refractivity contribution >= 4 is 39.1 Å². The second kappa shape index (κ2) is 11.1. The number of carbonyl (C=O) groups is 2. The van der Waals surface area contributed by atoms with Crippen LogP contribution >= 0.6 is 0 Å². The molecule has 3 aromatic rings. The first-order chi connectivity index (χ1) is 17.7. The number of sulfonamides is 1. The zero-order valence-electron chi connectivity index (χ0n) is 22.6. The molecule has 0 spiro atoms. The number of nitrogens with one attached hydrogen (secondary N) is 1. The molecular formula is C28H33N3O6S. The van der Waals surface area contributed by atoms with Gasteiger partial charge < -0.3 is 14.8 Å². The van der Waals surface area contributed by atoms with Gasteiger partial charge in [0.1, 0.15) is 11.4 Å². The lowest BCUT2D eigenvalue weighted by molar-refractivity contribution is 0.0589.